The Morgan fingerprint density at radius 3 is 2.67 bits per heavy atom. The van der Waals surface area contributed by atoms with Crippen LogP contribution in [0.1, 0.15) is 24.8 Å². The van der Waals surface area contributed by atoms with E-state index < -0.39 is 0 Å². The van der Waals surface area contributed by atoms with Crippen LogP contribution < -0.4 is 15.2 Å². The van der Waals surface area contributed by atoms with Crippen molar-refractivity contribution in [3.63, 3.8) is 0 Å². The van der Waals surface area contributed by atoms with E-state index >= 15 is 0 Å². The van der Waals surface area contributed by atoms with Crippen LogP contribution >= 0.6 is 0 Å². The third kappa shape index (κ3) is 1.30. The summed E-state index contributed by atoms with van der Waals surface area (Å²) in [5.41, 5.74) is 7.25. The van der Waals surface area contributed by atoms with E-state index in [4.69, 9.17) is 15.2 Å². The fourth-order valence-corrected chi connectivity index (χ4v) is 2.29. The summed E-state index contributed by atoms with van der Waals surface area (Å²) in [6.07, 6.45) is 3.31. The SMILES string of the molecule is NC1(c2cccc3c2OCCO3)CCC1. The maximum absolute atomic E-state index is 6.31. The summed E-state index contributed by atoms with van der Waals surface area (Å²) in [6.45, 7) is 1.26. The number of hydrogen-bond donors (Lipinski definition) is 1. The van der Waals surface area contributed by atoms with Gasteiger partial charge in [0.25, 0.3) is 0 Å². The number of fused-ring (bicyclic) bond motifs is 1. The monoisotopic (exact) mass is 205 g/mol. The third-order valence-electron chi connectivity index (χ3n) is 3.35. The molecule has 3 rings (SSSR count). The highest BCUT2D eigenvalue weighted by Gasteiger charge is 2.38. The van der Waals surface area contributed by atoms with E-state index in [0.29, 0.717) is 13.2 Å². The molecule has 2 N–H and O–H groups in total. The maximum Gasteiger partial charge on any atom is 0.166 e. The second kappa shape index (κ2) is 3.14. The lowest BCUT2D eigenvalue weighted by atomic mass is 9.72. The molecule has 0 bridgehead atoms. The first-order chi connectivity index (χ1) is 7.30. The summed E-state index contributed by atoms with van der Waals surface area (Å²) in [4.78, 5) is 0. The van der Waals surface area contributed by atoms with Crippen LogP contribution in [0.25, 0.3) is 0 Å². The van der Waals surface area contributed by atoms with Crippen LogP contribution in [-0.2, 0) is 5.54 Å². The Kier molecular flexibility index (Phi) is 1.89. The van der Waals surface area contributed by atoms with Gasteiger partial charge in [0.15, 0.2) is 11.5 Å². The normalized spacial score (nSPS) is 21.9. The topological polar surface area (TPSA) is 44.5 Å². The van der Waals surface area contributed by atoms with Gasteiger partial charge < -0.3 is 15.2 Å². The van der Waals surface area contributed by atoms with Gasteiger partial charge in [-0.15, -0.1) is 0 Å². The first-order valence-corrected chi connectivity index (χ1v) is 5.48. The number of hydrogen-bond acceptors (Lipinski definition) is 3. The third-order valence-corrected chi connectivity index (χ3v) is 3.35. The predicted octanol–water partition coefficient (Wildman–Crippen LogP) is 1.80. The van der Waals surface area contributed by atoms with Crippen molar-refractivity contribution in [3.8, 4) is 11.5 Å². The van der Waals surface area contributed by atoms with E-state index in [0.717, 1.165) is 29.9 Å². The molecule has 15 heavy (non-hydrogen) atoms. The van der Waals surface area contributed by atoms with E-state index in [1.54, 1.807) is 0 Å². The van der Waals surface area contributed by atoms with Crippen molar-refractivity contribution in [3.05, 3.63) is 23.8 Å². The molecular formula is C12H15NO2. The summed E-state index contributed by atoms with van der Waals surface area (Å²) in [5.74, 6) is 1.71. The summed E-state index contributed by atoms with van der Waals surface area (Å²) < 4.78 is 11.2. The smallest absolute Gasteiger partial charge is 0.166 e. The zero-order valence-electron chi connectivity index (χ0n) is 8.66. The van der Waals surface area contributed by atoms with Crippen LogP contribution in [0.15, 0.2) is 18.2 Å². The van der Waals surface area contributed by atoms with Gasteiger partial charge in [0.1, 0.15) is 13.2 Å². The standard InChI is InChI=1S/C12H15NO2/c13-12(5-2-6-12)9-3-1-4-10-11(9)15-8-7-14-10/h1,3-4H,2,5-8,13H2. The van der Waals surface area contributed by atoms with Gasteiger partial charge in [-0.3, -0.25) is 0 Å². The fraction of sp³-hybridized carbons (Fsp3) is 0.500. The first-order valence-electron chi connectivity index (χ1n) is 5.48. The molecule has 1 aliphatic heterocycles. The van der Waals surface area contributed by atoms with E-state index in [9.17, 15) is 0 Å². The van der Waals surface area contributed by atoms with Gasteiger partial charge in [0.05, 0.1) is 0 Å². The van der Waals surface area contributed by atoms with Crippen molar-refractivity contribution in [2.45, 2.75) is 24.8 Å². The second-order valence-corrected chi connectivity index (χ2v) is 4.34. The molecule has 0 amide bonds. The molecule has 3 heteroatoms. The summed E-state index contributed by atoms with van der Waals surface area (Å²) in [5, 5.41) is 0. The Bertz CT molecular complexity index is 385. The lowest BCUT2D eigenvalue weighted by Gasteiger charge is -2.40. The Hall–Kier alpha value is -1.22. The van der Waals surface area contributed by atoms with E-state index in [2.05, 4.69) is 6.07 Å². The lowest BCUT2D eigenvalue weighted by Crippen LogP contribution is -2.43. The Labute approximate surface area is 89.2 Å². The molecule has 1 heterocycles. The van der Waals surface area contributed by atoms with Gasteiger partial charge in [-0.25, -0.2) is 0 Å². The molecular weight excluding hydrogens is 190 g/mol. The molecule has 80 valence electrons. The maximum atomic E-state index is 6.31. The number of nitrogens with two attached hydrogens (primary N) is 1. The highest BCUT2D eigenvalue weighted by atomic mass is 16.6. The Morgan fingerprint density at radius 2 is 1.93 bits per heavy atom. The molecule has 0 unspecified atom stereocenters. The van der Waals surface area contributed by atoms with Crippen LogP contribution in [0.4, 0.5) is 0 Å². The average Bonchev–Trinajstić information content (AvgIpc) is 2.25. The van der Waals surface area contributed by atoms with Gasteiger partial charge in [0.2, 0.25) is 0 Å². The van der Waals surface area contributed by atoms with Crippen molar-refractivity contribution < 1.29 is 9.47 Å². The minimum Gasteiger partial charge on any atom is -0.486 e. The predicted molar refractivity (Wildman–Crippen MR) is 57.1 cm³/mol. The number of benzene rings is 1. The zero-order chi connectivity index (χ0) is 10.3. The minimum absolute atomic E-state index is 0.175. The highest BCUT2D eigenvalue weighted by molar-refractivity contribution is 5.51. The van der Waals surface area contributed by atoms with Crippen LogP contribution in [0.5, 0.6) is 11.5 Å². The number of ether oxygens (including phenoxy) is 2. The van der Waals surface area contributed by atoms with E-state index in [-0.39, 0.29) is 5.54 Å². The lowest BCUT2D eigenvalue weighted by molar-refractivity contribution is 0.159. The number of rotatable bonds is 1. The van der Waals surface area contributed by atoms with Crippen LogP contribution in [0.3, 0.4) is 0 Å². The molecule has 3 nitrogen and oxygen atoms in total. The van der Waals surface area contributed by atoms with Crippen molar-refractivity contribution >= 4 is 0 Å². The van der Waals surface area contributed by atoms with Gasteiger partial charge in [-0.2, -0.15) is 0 Å². The molecule has 0 saturated heterocycles. The van der Waals surface area contributed by atoms with E-state index in [1.165, 1.54) is 6.42 Å². The fourth-order valence-electron chi connectivity index (χ4n) is 2.29. The van der Waals surface area contributed by atoms with Gasteiger partial charge in [-0.1, -0.05) is 12.1 Å². The second-order valence-electron chi connectivity index (χ2n) is 4.34. The molecule has 0 spiro atoms. The first kappa shape index (κ1) is 9.04. The molecule has 1 aliphatic carbocycles. The largest absolute Gasteiger partial charge is 0.486 e. The molecule has 1 aromatic carbocycles. The van der Waals surface area contributed by atoms with Crippen molar-refractivity contribution in [1.82, 2.24) is 0 Å². The summed E-state index contributed by atoms with van der Waals surface area (Å²) in [6, 6.07) is 6.00. The van der Waals surface area contributed by atoms with Crippen LogP contribution in [-0.4, -0.2) is 13.2 Å². The van der Waals surface area contributed by atoms with Crippen molar-refractivity contribution in [2.24, 2.45) is 5.73 Å². The molecule has 0 atom stereocenters. The van der Waals surface area contributed by atoms with Crippen LogP contribution in [0.2, 0.25) is 0 Å². The van der Waals surface area contributed by atoms with Gasteiger partial charge in [-0.05, 0) is 25.3 Å². The van der Waals surface area contributed by atoms with Crippen molar-refractivity contribution in [2.75, 3.05) is 13.2 Å². The Morgan fingerprint density at radius 1 is 1.13 bits per heavy atom. The zero-order valence-corrected chi connectivity index (χ0v) is 8.66. The summed E-state index contributed by atoms with van der Waals surface area (Å²) in [7, 11) is 0. The molecule has 0 aromatic heterocycles. The number of para-hydroxylation sites is 1. The van der Waals surface area contributed by atoms with Gasteiger partial charge in [0, 0.05) is 11.1 Å². The van der Waals surface area contributed by atoms with Crippen LogP contribution in [0, 0.1) is 0 Å². The molecule has 1 fully saturated rings. The molecule has 1 aromatic rings. The summed E-state index contributed by atoms with van der Waals surface area (Å²) >= 11 is 0. The quantitative estimate of drug-likeness (QED) is 0.760. The molecule has 2 aliphatic rings. The average molecular weight is 205 g/mol. The van der Waals surface area contributed by atoms with E-state index in [1.807, 2.05) is 12.1 Å². The minimum atomic E-state index is -0.175. The molecule has 0 radical (unpaired) electrons. The van der Waals surface area contributed by atoms with Gasteiger partial charge >= 0.3 is 0 Å². The Balaban J connectivity index is 2.07. The highest BCUT2D eigenvalue weighted by Crippen LogP contribution is 2.46. The van der Waals surface area contributed by atoms with Crippen molar-refractivity contribution in [1.29, 1.82) is 0 Å². The molecule has 1 saturated carbocycles.